The third-order valence-electron chi connectivity index (χ3n) is 1.91. The molecule has 3 nitrogen and oxygen atoms in total. The van der Waals surface area contributed by atoms with E-state index in [1.54, 1.807) is 0 Å². The van der Waals surface area contributed by atoms with Crippen LogP contribution in [0.1, 0.15) is 12.5 Å². The van der Waals surface area contributed by atoms with Gasteiger partial charge in [0.25, 0.3) is 0 Å². The van der Waals surface area contributed by atoms with Crippen LogP contribution in [0.3, 0.4) is 0 Å². The number of hydrogen-bond acceptors (Lipinski definition) is 3. The monoisotopic (exact) mass is 299 g/mol. The Morgan fingerprint density at radius 3 is 2.39 bits per heavy atom. The fraction of sp³-hybridized carbons (Fsp3) is 0.200. The van der Waals surface area contributed by atoms with Gasteiger partial charge in [0, 0.05) is 5.70 Å². The highest BCUT2D eigenvalue weighted by molar-refractivity contribution is 7.94. The number of nitrogens with two attached hydrogens (primary N) is 1. The molecule has 8 heteroatoms. The lowest BCUT2D eigenvalue weighted by Gasteiger charge is -2.10. The minimum absolute atomic E-state index is 0.0292. The Balaban J connectivity index is 3.43. The minimum Gasteiger partial charge on any atom is -0.402 e. The number of alkyl halides is 3. The Labute approximate surface area is 107 Å². The van der Waals surface area contributed by atoms with E-state index in [0.717, 1.165) is 12.1 Å². The van der Waals surface area contributed by atoms with Crippen LogP contribution in [0.2, 0.25) is 5.02 Å². The van der Waals surface area contributed by atoms with E-state index < -0.39 is 31.5 Å². The zero-order valence-electron chi connectivity index (χ0n) is 9.12. The predicted octanol–water partition coefficient (Wildman–Crippen LogP) is 2.95. The molecule has 1 rings (SSSR count). The van der Waals surface area contributed by atoms with Crippen molar-refractivity contribution in [3.8, 4) is 0 Å². The molecule has 0 heterocycles. The van der Waals surface area contributed by atoms with E-state index in [0.29, 0.717) is 11.5 Å². The number of hydrogen-bond donors (Lipinski definition) is 1. The Kier molecular flexibility index (Phi) is 3.97. The molecule has 0 aliphatic rings. The summed E-state index contributed by atoms with van der Waals surface area (Å²) in [5.41, 5.74) is 3.97. The molecule has 18 heavy (non-hydrogen) atoms. The van der Waals surface area contributed by atoms with E-state index in [2.05, 4.69) is 0 Å². The quantitative estimate of drug-likeness (QED) is 0.913. The summed E-state index contributed by atoms with van der Waals surface area (Å²) in [6, 6.07) is 2.36. The van der Waals surface area contributed by atoms with Crippen LogP contribution >= 0.6 is 11.6 Å². The molecule has 0 atom stereocenters. The number of rotatable bonds is 2. The van der Waals surface area contributed by atoms with Crippen LogP contribution in [0.15, 0.2) is 34.2 Å². The average molecular weight is 300 g/mol. The summed E-state index contributed by atoms with van der Waals surface area (Å²) in [7, 11) is -4.00. The van der Waals surface area contributed by atoms with Gasteiger partial charge in [-0.05, 0) is 25.1 Å². The fourth-order valence-electron chi connectivity index (χ4n) is 1.21. The molecule has 0 bridgehead atoms. The Hall–Kier alpha value is -1.21. The Morgan fingerprint density at radius 2 is 1.94 bits per heavy atom. The highest BCUT2D eigenvalue weighted by Crippen LogP contribution is 2.36. The van der Waals surface area contributed by atoms with Gasteiger partial charge in [0.15, 0.2) is 0 Å². The molecule has 0 spiro atoms. The molecule has 1 aromatic carbocycles. The van der Waals surface area contributed by atoms with Crippen LogP contribution in [-0.4, -0.2) is 8.42 Å². The normalized spacial score (nSPS) is 13.7. The van der Waals surface area contributed by atoms with Crippen molar-refractivity contribution in [3.63, 3.8) is 0 Å². The number of benzene rings is 1. The highest BCUT2D eigenvalue weighted by atomic mass is 35.5. The van der Waals surface area contributed by atoms with Crippen molar-refractivity contribution in [1.29, 1.82) is 0 Å². The van der Waals surface area contributed by atoms with Gasteiger partial charge >= 0.3 is 6.18 Å². The average Bonchev–Trinajstić information content (AvgIpc) is 2.13. The van der Waals surface area contributed by atoms with Crippen molar-refractivity contribution in [2.24, 2.45) is 5.73 Å². The molecular formula is C10H9ClF3NO2S. The van der Waals surface area contributed by atoms with Gasteiger partial charge in [-0.1, -0.05) is 11.6 Å². The Bertz CT molecular complexity index is 590. The Morgan fingerprint density at radius 1 is 1.39 bits per heavy atom. The maximum Gasteiger partial charge on any atom is 0.417 e. The molecule has 0 fully saturated rings. The topological polar surface area (TPSA) is 60.2 Å². The second-order valence-electron chi connectivity index (χ2n) is 3.55. The van der Waals surface area contributed by atoms with Crippen molar-refractivity contribution in [3.05, 3.63) is 39.9 Å². The maximum absolute atomic E-state index is 12.6. The number of sulfone groups is 1. The summed E-state index contributed by atoms with van der Waals surface area (Å²) >= 11 is 5.38. The van der Waals surface area contributed by atoms with Crippen molar-refractivity contribution < 1.29 is 21.6 Å². The molecule has 2 N–H and O–H groups in total. The van der Waals surface area contributed by atoms with Gasteiger partial charge in [0.05, 0.1) is 20.9 Å². The van der Waals surface area contributed by atoms with Crippen molar-refractivity contribution >= 4 is 21.4 Å². The van der Waals surface area contributed by atoms with E-state index in [9.17, 15) is 21.6 Å². The molecule has 0 radical (unpaired) electrons. The second-order valence-corrected chi connectivity index (χ2v) is 5.75. The van der Waals surface area contributed by atoms with Crippen LogP contribution in [0.5, 0.6) is 0 Å². The summed E-state index contributed by atoms with van der Waals surface area (Å²) in [4.78, 5) is -0.510. The zero-order chi connectivity index (χ0) is 14.1. The predicted molar refractivity (Wildman–Crippen MR) is 61.6 cm³/mol. The molecule has 0 aromatic heterocycles. The van der Waals surface area contributed by atoms with Gasteiger partial charge < -0.3 is 5.73 Å². The third kappa shape index (κ3) is 3.39. The fourth-order valence-corrected chi connectivity index (χ4v) is 2.60. The summed E-state index contributed by atoms with van der Waals surface area (Å²) in [5, 5.41) is 0.131. The molecule has 0 aliphatic heterocycles. The van der Waals surface area contributed by atoms with Crippen molar-refractivity contribution in [2.75, 3.05) is 0 Å². The molecular weight excluding hydrogens is 291 g/mol. The van der Waals surface area contributed by atoms with Gasteiger partial charge in [0.2, 0.25) is 9.84 Å². The first-order valence-electron chi connectivity index (χ1n) is 4.59. The molecule has 100 valence electrons. The number of allylic oxidation sites excluding steroid dienone is 1. The van der Waals surface area contributed by atoms with Gasteiger partial charge in [-0.25, -0.2) is 8.42 Å². The van der Waals surface area contributed by atoms with Crippen LogP contribution in [0, 0.1) is 0 Å². The lowest BCUT2D eigenvalue weighted by molar-refractivity contribution is -0.137. The lowest BCUT2D eigenvalue weighted by Crippen LogP contribution is -2.08. The lowest BCUT2D eigenvalue weighted by atomic mass is 10.2. The summed E-state index contributed by atoms with van der Waals surface area (Å²) in [5.74, 6) is 0. The molecule has 0 saturated heterocycles. The molecule has 1 aromatic rings. The molecule has 0 saturated carbocycles. The van der Waals surface area contributed by atoms with E-state index in [1.165, 1.54) is 6.92 Å². The minimum atomic E-state index is -4.72. The first-order valence-corrected chi connectivity index (χ1v) is 6.52. The zero-order valence-corrected chi connectivity index (χ0v) is 10.7. The smallest absolute Gasteiger partial charge is 0.402 e. The van der Waals surface area contributed by atoms with Gasteiger partial charge in [-0.3, -0.25) is 0 Å². The largest absolute Gasteiger partial charge is 0.417 e. The highest BCUT2D eigenvalue weighted by Gasteiger charge is 2.34. The third-order valence-corrected chi connectivity index (χ3v) is 3.84. The SMILES string of the molecule is C/C(N)=C/S(=O)(=O)c1ccc(Cl)c(C(F)(F)F)c1. The number of halogens is 4. The van der Waals surface area contributed by atoms with Crippen molar-refractivity contribution in [1.82, 2.24) is 0 Å². The van der Waals surface area contributed by atoms with Crippen LogP contribution in [0.4, 0.5) is 13.2 Å². The summed E-state index contributed by atoms with van der Waals surface area (Å²) < 4.78 is 61.0. The molecule has 0 aliphatic carbocycles. The molecule has 0 amide bonds. The first kappa shape index (κ1) is 14.8. The van der Waals surface area contributed by atoms with E-state index >= 15 is 0 Å². The van der Waals surface area contributed by atoms with Crippen LogP contribution in [-0.2, 0) is 16.0 Å². The first-order chi connectivity index (χ1) is 8.04. The van der Waals surface area contributed by atoms with Crippen molar-refractivity contribution in [2.45, 2.75) is 18.0 Å². The van der Waals surface area contributed by atoms with Crippen LogP contribution in [0.25, 0.3) is 0 Å². The van der Waals surface area contributed by atoms with E-state index in [4.69, 9.17) is 17.3 Å². The van der Waals surface area contributed by atoms with Gasteiger partial charge in [0.1, 0.15) is 0 Å². The van der Waals surface area contributed by atoms with Crippen LogP contribution < -0.4 is 5.73 Å². The van der Waals surface area contributed by atoms with Gasteiger partial charge in [-0.2, -0.15) is 13.2 Å². The summed E-state index contributed by atoms with van der Waals surface area (Å²) in [6.07, 6.45) is -4.72. The second kappa shape index (κ2) is 4.81. The van der Waals surface area contributed by atoms with E-state index in [1.807, 2.05) is 0 Å². The van der Waals surface area contributed by atoms with Gasteiger partial charge in [-0.15, -0.1) is 0 Å². The van der Waals surface area contributed by atoms with E-state index in [-0.39, 0.29) is 5.70 Å². The maximum atomic E-state index is 12.6. The molecule has 0 unspecified atom stereocenters. The standard InChI is InChI=1S/C10H9ClF3NO2S/c1-6(15)5-18(16,17)7-2-3-9(11)8(4-7)10(12,13)14/h2-5H,15H2,1H3/b6-5-. The summed E-state index contributed by atoms with van der Waals surface area (Å²) in [6.45, 7) is 1.32.